The lowest BCUT2D eigenvalue weighted by Gasteiger charge is -2.20. The summed E-state index contributed by atoms with van der Waals surface area (Å²) < 4.78 is 10.6. The van der Waals surface area contributed by atoms with Crippen LogP contribution in [0.1, 0.15) is 31.3 Å². The average molecular weight is 314 g/mol. The van der Waals surface area contributed by atoms with E-state index in [1.54, 1.807) is 24.4 Å². The van der Waals surface area contributed by atoms with E-state index in [-0.39, 0.29) is 18.2 Å². The monoisotopic (exact) mass is 314 g/mol. The molecule has 23 heavy (non-hydrogen) atoms. The first-order valence-corrected chi connectivity index (χ1v) is 7.23. The summed E-state index contributed by atoms with van der Waals surface area (Å²) in [6, 6.07) is 7.01. The molecule has 2 N–H and O–H groups in total. The predicted molar refractivity (Wildman–Crippen MR) is 85.1 cm³/mol. The zero-order valence-corrected chi connectivity index (χ0v) is 13.2. The van der Waals surface area contributed by atoms with Gasteiger partial charge in [-0.05, 0) is 39.0 Å². The second-order valence-corrected chi connectivity index (χ2v) is 6.16. The van der Waals surface area contributed by atoms with E-state index in [9.17, 15) is 4.79 Å². The third kappa shape index (κ3) is 3.68. The van der Waals surface area contributed by atoms with Gasteiger partial charge in [-0.2, -0.15) is 0 Å². The summed E-state index contributed by atoms with van der Waals surface area (Å²) in [5, 5.41) is 5.92. The smallest absolute Gasteiger partial charge is 0.270 e. The lowest BCUT2D eigenvalue weighted by molar-refractivity contribution is 0.0914. The van der Waals surface area contributed by atoms with E-state index in [2.05, 4.69) is 20.6 Å². The molecule has 2 heterocycles. The number of fused-ring (bicyclic) bond motifs is 1. The van der Waals surface area contributed by atoms with E-state index >= 15 is 0 Å². The molecule has 1 aliphatic rings. The summed E-state index contributed by atoms with van der Waals surface area (Å²) in [5.41, 5.74) is 0.730. The Morgan fingerprint density at radius 3 is 2.74 bits per heavy atom. The maximum atomic E-state index is 12.2. The number of nitrogens with zero attached hydrogens (tertiary/aromatic N) is 2. The van der Waals surface area contributed by atoms with Gasteiger partial charge in [-0.1, -0.05) is 0 Å². The quantitative estimate of drug-likeness (QED) is 0.905. The van der Waals surface area contributed by atoms with Crippen molar-refractivity contribution in [1.29, 1.82) is 0 Å². The van der Waals surface area contributed by atoms with Crippen LogP contribution < -0.4 is 20.1 Å². The van der Waals surface area contributed by atoms with Gasteiger partial charge in [0.15, 0.2) is 11.5 Å². The van der Waals surface area contributed by atoms with Crippen LogP contribution in [-0.4, -0.2) is 28.2 Å². The van der Waals surface area contributed by atoms with Gasteiger partial charge in [0, 0.05) is 23.5 Å². The minimum atomic E-state index is -0.326. The predicted octanol–water partition coefficient (Wildman–Crippen LogP) is 2.48. The number of hydrogen-bond donors (Lipinski definition) is 2. The summed E-state index contributed by atoms with van der Waals surface area (Å²) in [7, 11) is 0. The molecule has 0 aliphatic carbocycles. The molecule has 0 saturated carbocycles. The van der Waals surface area contributed by atoms with Crippen LogP contribution in [0, 0.1) is 0 Å². The third-order valence-electron chi connectivity index (χ3n) is 3.01. The van der Waals surface area contributed by atoms with Crippen molar-refractivity contribution < 1.29 is 14.3 Å². The second-order valence-electron chi connectivity index (χ2n) is 6.16. The largest absolute Gasteiger partial charge is 0.454 e. The maximum absolute atomic E-state index is 12.2. The Morgan fingerprint density at radius 2 is 1.96 bits per heavy atom. The SMILES string of the molecule is CC(C)(C)NC(=O)c1ccnc(Nc2ccc3c(c2)OCO3)n1. The van der Waals surface area contributed by atoms with Gasteiger partial charge in [-0.25, -0.2) is 9.97 Å². The zero-order chi connectivity index (χ0) is 16.4. The van der Waals surface area contributed by atoms with Crippen molar-refractivity contribution in [3.05, 3.63) is 36.2 Å². The van der Waals surface area contributed by atoms with Gasteiger partial charge in [0.2, 0.25) is 12.7 Å². The van der Waals surface area contributed by atoms with Gasteiger partial charge in [-0.15, -0.1) is 0 Å². The highest BCUT2D eigenvalue weighted by atomic mass is 16.7. The van der Waals surface area contributed by atoms with Gasteiger partial charge in [-0.3, -0.25) is 4.79 Å². The first kappa shape index (κ1) is 15.1. The molecule has 0 spiro atoms. The summed E-state index contributed by atoms with van der Waals surface area (Å²) in [6.07, 6.45) is 1.54. The van der Waals surface area contributed by atoms with Crippen molar-refractivity contribution in [2.24, 2.45) is 0 Å². The van der Waals surface area contributed by atoms with Gasteiger partial charge in [0.05, 0.1) is 0 Å². The number of nitrogens with one attached hydrogen (secondary N) is 2. The molecule has 1 amide bonds. The Hall–Kier alpha value is -2.83. The Morgan fingerprint density at radius 1 is 1.17 bits per heavy atom. The molecule has 0 radical (unpaired) electrons. The Bertz CT molecular complexity index is 740. The molecule has 7 heteroatoms. The van der Waals surface area contributed by atoms with E-state index in [1.807, 2.05) is 26.8 Å². The first-order chi connectivity index (χ1) is 10.9. The number of carbonyl (C=O) groups is 1. The molecule has 0 bridgehead atoms. The molecular weight excluding hydrogens is 296 g/mol. The lowest BCUT2D eigenvalue weighted by Crippen LogP contribution is -2.41. The highest BCUT2D eigenvalue weighted by molar-refractivity contribution is 5.92. The van der Waals surface area contributed by atoms with Crippen LogP contribution in [0.3, 0.4) is 0 Å². The summed E-state index contributed by atoms with van der Waals surface area (Å²) >= 11 is 0. The minimum Gasteiger partial charge on any atom is -0.454 e. The van der Waals surface area contributed by atoms with Crippen LogP contribution in [0.15, 0.2) is 30.5 Å². The van der Waals surface area contributed by atoms with Gasteiger partial charge in [0.25, 0.3) is 5.91 Å². The second kappa shape index (κ2) is 5.75. The highest BCUT2D eigenvalue weighted by Gasteiger charge is 2.17. The zero-order valence-electron chi connectivity index (χ0n) is 13.2. The van der Waals surface area contributed by atoms with Crippen molar-refractivity contribution in [2.45, 2.75) is 26.3 Å². The molecule has 2 aromatic rings. The molecular formula is C16H18N4O3. The first-order valence-electron chi connectivity index (χ1n) is 7.23. The maximum Gasteiger partial charge on any atom is 0.270 e. The standard InChI is InChI=1S/C16H18N4O3/c1-16(2,3)20-14(21)11-6-7-17-15(19-11)18-10-4-5-12-13(8-10)23-9-22-12/h4-8H,9H2,1-3H3,(H,20,21)(H,17,18,19). The van der Waals surface area contributed by atoms with Crippen molar-refractivity contribution in [2.75, 3.05) is 12.1 Å². The van der Waals surface area contributed by atoms with Crippen LogP contribution in [-0.2, 0) is 0 Å². The Kier molecular flexibility index (Phi) is 3.77. The van der Waals surface area contributed by atoms with Crippen LogP contribution in [0.2, 0.25) is 0 Å². The molecule has 1 aromatic heterocycles. The summed E-state index contributed by atoms with van der Waals surface area (Å²) in [6.45, 7) is 5.96. The van der Waals surface area contributed by atoms with E-state index in [0.29, 0.717) is 23.1 Å². The molecule has 0 fully saturated rings. The van der Waals surface area contributed by atoms with Gasteiger partial charge >= 0.3 is 0 Å². The van der Waals surface area contributed by atoms with Crippen LogP contribution >= 0.6 is 0 Å². The highest BCUT2D eigenvalue weighted by Crippen LogP contribution is 2.34. The van der Waals surface area contributed by atoms with Crippen molar-refractivity contribution in [1.82, 2.24) is 15.3 Å². The van der Waals surface area contributed by atoms with E-state index < -0.39 is 0 Å². The fraction of sp³-hybridized carbons (Fsp3) is 0.312. The van der Waals surface area contributed by atoms with Crippen molar-refractivity contribution in [3.63, 3.8) is 0 Å². The molecule has 0 saturated heterocycles. The third-order valence-corrected chi connectivity index (χ3v) is 3.01. The van der Waals surface area contributed by atoms with Gasteiger partial charge in [0.1, 0.15) is 5.69 Å². The number of anilines is 2. The molecule has 1 aliphatic heterocycles. The number of carbonyl (C=O) groups excluding carboxylic acids is 1. The number of ether oxygens (including phenoxy) is 2. The molecule has 7 nitrogen and oxygen atoms in total. The molecule has 120 valence electrons. The van der Waals surface area contributed by atoms with E-state index in [0.717, 1.165) is 5.69 Å². The molecule has 1 aromatic carbocycles. The number of amides is 1. The lowest BCUT2D eigenvalue weighted by atomic mass is 10.1. The number of hydrogen-bond acceptors (Lipinski definition) is 6. The summed E-state index contributed by atoms with van der Waals surface area (Å²) in [5.74, 6) is 1.46. The topological polar surface area (TPSA) is 85.4 Å². The minimum absolute atomic E-state index is 0.220. The normalized spacial score (nSPS) is 12.8. The Labute approximate surface area is 134 Å². The number of benzene rings is 1. The van der Waals surface area contributed by atoms with Gasteiger partial charge < -0.3 is 20.1 Å². The van der Waals surface area contributed by atoms with Crippen molar-refractivity contribution in [3.8, 4) is 11.5 Å². The molecule has 0 unspecified atom stereocenters. The summed E-state index contributed by atoms with van der Waals surface area (Å²) in [4.78, 5) is 20.5. The van der Waals surface area contributed by atoms with Crippen LogP contribution in [0.4, 0.5) is 11.6 Å². The molecule has 0 atom stereocenters. The van der Waals surface area contributed by atoms with E-state index in [1.165, 1.54) is 0 Å². The van der Waals surface area contributed by atoms with Crippen molar-refractivity contribution >= 4 is 17.5 Å². The molecule has 3 rings (SSSR count). The number of aromatic nitrogens is 2. The van der Waals surface area contributed by atoms with E-state index in [4.69, 9.17) is 9.47 Å². The fourth-order valence-electron chi connectivity index (χ4n) is 2.05. The Balaban J connectivity index is 1.76. The fourth-order valence-corrected chi connectivity index (χ4v) is 2.05. The van der Waals surface area contributed by atoms with Crippen LogP contribution in [0.25, 0.3) is 0 Å². The average Bonchev–Trinajstić information content (AvgIpc) is 2.93. The van der Waals surface area contributed by atoms with Crippen LogP contribution in [0.5, 0.6) is 11.5 Å². The number of rotatable bonds is 3.